The van der Waals surface area contributed by atoms with Crippen LogP contribution in [-0.4, -0.2) is 0 Å². The molecular formula is C40H23NO2S. The summed E-state index contributed by atoms with van der Waals surface area (Å²) in [6.45, 7) is 0. The van der Waals surface area contributed by atoms with E-state index in [1.54, 1.807) is 0 Å². The minimum Gasteiger partial charge on any atom is -0.456 e. The van der Waals surface area contributed by atoms with E-state index in [9.17, 15) is 0 Å². The summed E-state index contributed by atoms with van der Waals surface area (Å²) >= 11 is 1.86. The molecule has 0 fully saturated rings. The molecule has 0 bridgehead atoms. The summed E-state index contributed by atoms with van der Waals surface area (Å²) in [6, 6.07) is 49.5. The Morgan fingerprint density at radius 1 is 0.386 bits per heavy atom. The number of nitrogens with zero attached hydrogens (tertiary/aromatic N) is 1. The van der Waals surface area contributed by atoms with Crippen LogP contribution in [0.2, 0.25) is 0 Å². The summed E-state index contributed by atoms with van der Waals surface area (Å²) in [4.78, 5) is 2.32. The van der Waals surface area contributed by atoms with Gasteiger partial charge in [0.05, 0.1) is 0 Å². The van der Waals surface area contributed by atoms with Crippen LogP contribution < -0.4 is 4.90 Å². The molecule has 0 radical (unpaired) electrons. The highest BCUT2D eigenvalue weighted by Gasteiger charge is 2.18. The van der Waals surface area contributed by atoms with Gasteiger partial charge in [0.1, 0.15) is 22.3 Å². The molecule has 0 saturated heterocycles. The van der Waals surface area contributed by atoms with Gasteiger partial charge in [-0.15, -0.1) is 11.3 Å². The summed E-state index contributed by atoms with van der Waals surface area (Å²) in [5.41, 5.74) is 6.72. The molecule has 0 unspecified atom stereocenters. The first-order valence-corrected chi connectivity index (χ1v) is 15.6. The molecule has 4 heteroatoms. The van der Waals surface area contributed by atoms with Crippen LogP contribution in [0.3, 0.4) is 0 Å². The first-order chi connectivity index (χ1) is 21.8. The van der Waals surface area contributed by atoms with Gasteiger partial charge < -0.3 is 13.7 Å². The average Bonchev–Trinajstić information content (AvgIpc) is 3.75. The maximum Gasteiger partial charge on any atom is 0.137 e. The normalized spacial score (nSPS) is 12.1. The Bertz CT molecular complexity index is 2750. The van der Waals surface area contributed by atoms with Gasteiger partial charge >= 0.3 is 0 Å². The fraction of sp³-hybridized carbons (Fsp3) is 0. The number of hydrogen-bond acceptors (Lipinski definition) is 4. The van der Waals surface area contributed by atoms with E-state index in [2.05, 4.69) is 120 Å². The predicted octanol–water partition coefficient (Wildman–Crippen LogP) is 12.5. The van der Waals surface area contributed by atoms with Crippen molar-refractivity contribution in [2.75, 3.05) is 4.90 Å². The zero-order valence-corrected chi connectivity index (χ0v) is 24.3. The van der Waals surface area contributed by atoms with E-state index in [1.807, 2.05) is 35.6 Å². The van der Waals surface area contributed by atoms with Crippen LogP contribution in [0.25, 0.3) is 74.8 Å². The molecule has 3 heterocycles. The summed E-state index contributed by atoms with van der Waals surface area (Å²) < 4.78 is 15.2. The van der Waals surface area contributed by atoms with E-state index in [0.29, 0.717) is 0 Å². The van der Waals surface area contributed by atoms with Crippen molar-refractivity contribution >= 4 is 103 Å². The number of fused-ring (bicyclic) bond motifs is 11. The monoisotopic (exact) mass is 581 g/mol. The van der Waals surface area contributed by atoms with Gasteiger partial charge in [0.25, 0.3) is 0 Å². The third-order valence-electron chi connectivity index (χ3n) is 8.84. The Labute approximate surface area is 255 Å². The van der Waals surface area contributed by atoms with Crippen LogP contribution in [0.1, 0.15) is 0 Å². The van der Waals surface area contributed by atoms with Gasteiger partial charge in [-0.25, -0.2) is 0 Å². The molecule has 3 aromatic heterocycles. The molecule has 10 aromatic rings. The summed E-state index contributed by atoms with van der Waals surface area (Å²) in [7, 11) is 0. The van der Waals surface area contributed by atoms with Crippen LogP contribution in [0, 0.1) is 0 Å². The number of hydrogen-bond donors (Lipinski definition) is 0. The lowest BCUT2D eigenvalue weighted by Gasteiger charge is -2.26. The smallest absolute Gasteiger partial charge is 0.137 e. The first-order valence-electron chi connectivity index (χ1n) is 14.8. The minimum atomic E-state index is 0.871. The van der Waals surface area contributed by atoms with E-state index in [4.69, 9.17) is 8.83 Å². The van der Waals surface area contributed by atoms with E-state index in [0.717, 1.165) is 60.9 Å². The predicted molar refractivity (Wildman–Crippen MR) is 186 cm³/mol. The summed E-state index contributed by atoms with van der Waals surface area (Å²) in [6.07, 6.45) is 0. The second kappa shape index (κ2) is 8.96. The average molecular weight is 582 g/mol. The van der Waals surface area contributed by atoms with Gasteiger partial charge in [0.15, 0.2) is 0 Å². The summed E-state index contributed by atoms with van der Waals surface area (Å²) in [5.74, 6) is 0. The molecule has 10 rings (SSSR count). The van der Waals surface area contributed by atoms with Crippen molar-refractivity contribution in [2.24, 2.45) is 0 Å². The highest BCUT2D eigenvalue weighted by molar-refractivity contribution is 7.26. The molecule has 0 atom stereocenters. The Kier molecular flexibility index (Phi) is 4.87. The Balaban J connectivity index is 1.22. The van der Waals surface area contributed by atoms with Crippen molar-refractivity contribution in [1.82, 2.24) is 0 Å². The van der Waals surface area contributed by atoms with Gasteiger partial charge in [-0.2, -0.15) is 0 Å². The number of furan rings is 2. The molecule has 0 aliphatic rings. The van der Waals surface area contributed by atoms with Crippen LogP contribution >= 0.6 is 11.3 Å². The fourth-order valence-corrected chi connectivity index (χ4v) is 7.96. The molecule has 0 spiro atoms. The van der Waals surface area contributed by atoms with Gasteiger partial charge in [-0.05, 0) is 77.5 Å². The highest BCUT2D eigenvalue weighted by atomic mass is 32.1. The van der Waals surface area contributed by atoms with Crippen LogP contribution in [0.5, 0.6) is 0 Å². The third-order valence-corrected chi connectivity index (χ3v) is 9.97. The van der Waals surface area contributed by atoms with Gasteiger partial charge in [0, 0.05) is 64.8 Å². The van der Waals surface area contributed by atoms with Crippen molar-refractivity contribution in [1.29, 1.82) is 0 Å². The molecule has 0 aliphatic carbocycles. The molecular weight excluding hydrogens is 559 g/mol. The third kappa shape index (κ3) is 3.43. The number of para-hydroxylation sites is 2. The lowest BCUT2D eigenvalue weighted by molar-refractivity contribution is 0.668. The van der Waals surface area contributed by atoms with Crippen molar-refractivity contribution in [3.63, 3.8) is 0 Å². The lowest BCUT2D eigenvalue weighted by atomic mass is 10.0. The van der Waals surface area contributed by atoms with E-state index < -0.39 is 0 Å². The molecule has 0 saturated carbocycles. The van der Waals surface area contributed by atoms with E-state index >= 15 is 0 Å². The molecule has 206 valence electrons. The molecule has 7 aromatic carbocycles. The highest BCUT2D eigenvalue weighted by Crippen LogP contribution is 2.44. The Morgan fingerprint density at radius 2 is 0.977 bits per heavy atom. The maximum atomic E-state index is 6.34. The first kappa shape index (κ1) is 23.9. The molecule has 0 aliphatic heterocycles. The zero-order chi connectivity index (χ0) is 28.8. The number of thiophene rings is 1. The molecule has 0 amide bonds. The number of benzene rings is 7. The Morgan fingerprint density at radius 3 is 1.82 bits per heavy atom. The SMILES string of the molecule is c1ccc2c(c1)oc1cc(N(c3ccc4c(ccc5sc6ccccc6c54)c3)c3ccc4oc5ccccc5c4c3)ccc12. The van der Waals surface area contributed by atoms with E-state index in [-0.39, 0.29) is 0 Å². The van der Waals surface area contributed by atoms with Crippen molar-refractivity contribution < 1.29 is 8.83 Å². The largest absolute Gasteiger partial charge is 0.456 e. The fourth-order valence-electron chi connectivity index (χ4n) is 6.83. The van der Waals surface area contributed by atoms with Gasteiger partial charge in [-0.1, -0.05) is 66.7 Å². The topological polar surface area (TPSA) is 29.5 Å². The maximum absolute atomic E-state index is 6.34. The second-order valence-corrected chi connectivity index (χ2v) is 12.4. The standard InChI is InChI=1S/C40H23NO2S/c1-4-10-34-29(7-1)31-18-15-27(23-37(31)43-34)41(26-16-19-36-33(22-26)30-8-2-5-11-35(30)42-36)25-14-17-28-24(21-25)13-20-39-40(28)32-9-3-6-12-38(32)44-39/h1-23H. The van der Waals surface area contributed by atoms with Crippen molar-refractivity contribution in [2.45, 2.75) is 0 Å². The zero-order valence-electron chi connectivity index (χ0n) is 23.5. The van der Waals surface area contributed by atoms with E-state index in [1.165, 1.54) is 30.9 Å². The van der Waals surface area contributed by atoms with Crippen molar-refractivity contribution in [3.05, 3.63) is 140 Å². The number of anilines is 3. The van der Waals surface area contributed by atoms with Crippen LogP contribution in [0.4, 0.5) is 17.1 Å². The van der Waals surface area contributed by atoms with Crippen LogP contribution in [0.15, 0.2) is 148 Å². The van der Waals surface area contributed by atoms with Gasteiger partial charge in [0.2, 0.25) is 0 Å². The van der Waals surface area contributed by atoms with Gasteiger partial charge in [-0.3, -0.25) is 0 Å². The van der Waals surface area contributed by atoms with Crippen LogP contribution in [-0.2, 0) is 0 Å². The quantitative estimate of drug-likeness (QED) is 0.208. The Hall–Kier alpha value is -5.58. The van der Waals surface area contributed by atoms with Crippen molar-refractivity contribution in [3.8, 4) is 0 Å². The second-order valence-electron chi connectivity index (χ2n) is 11.3. The summed E-state index contributed by atoms with van der Waals surface area (Å²) in [5, 5.41) is 9.58. The molecule has 3 nitrogen and oxygen atoms in total. The lowest BCUT2D eigenvalue weighted by Crippen LogP contribution is -2.09. The minimum absolute atomic E-state index is 0.871. The number of rotatable bonds is 3. The molecule has 0 N–H and O–H groups in total. The molecule has 44 heavy (non-hydrogen) atoms.